The molecule has 0 saturated carbocycles. The van der Waals surface area contributed by atoms with Crippen molar-refractivity contribution in [2.45, 2.75) is 25.9 Å². The third-order valence-electron chi connectivity index (χ3n) is 0.743. The molecule has 37 valence electrons. The normalized spacial score (nSPS) is 16.7. The molecule has 0 fully saturated rings. The Morgan fingerprint density at radius 3 is 3.00 bits per heavy atom. The fraction of sp³-hybridized carbons (Fsp3) is 0.800. The largest absolute Gasteiger partial charge is 0.393 e. The zero-order valence-corrected chi connectivity index (χ0v) is 4.02. The molecule has 0 aliphatic carbocycles. The Kier molecular flexibility index (Phi) is 2.18. The van der Waals surface area contributed by atoms with E-state index in [0.29, 0.717) is 6.42 Å². The van der Waals surface area contributed by atoms with Gasteiger partial charge in [0, 0.05) is 1.37 Å². The Morgan fingerprint density at radius 1 is 2.17 bits per heavy atom. The van der Waals surface area contributed by atoms with Crippen LogP contribution in [0.1, 0.15) is 21.1 Å². The first kappa shape index (κ1) is 4.13. The highest BCUT2D eigenvalue weighted by molar-refractivity contribution is 4.50. The first-order valence-corrected chi connectivity index (χ1v) is 2.19. The third-order valence-corrected chi connectivity index (χ3v) is 0.743. The summed E-state index contributed by atoms with van der Waals surface area (Å²) in [6.07, 6.45) is 0.948. The quantitative estimate of drug-likeness (QED) is 0.545. The zero-order valence-electron chi connectivity index (χ0n) is 5.02. The number of hydrogen-bond donors (Lipinski definition) is 1. The Morgan fingerprint density at radius 2 is 2.83 bits per heavy atom. The van der Waals surface area contributed by atoms with Crippen molar-refractivity contribution in [1.82, 2.24) is 0 Å². The summed E-state index contributed by atoms with van der Waals surface area (Å²) >= 11 is 0. The minimum atomic E-state index is -0.294. The van der Waals surface area contributed by atoms with Crippen LogP contribution in [0.3, 0.4) is 0 Å². The highest BCUT2D eigenvalue weighted by Crippen LogP contribution is 1.91. The van der Waals surface area contributed by atoms with E-state index in [4.69, 9.17) is 6.48 Å². The predicted octanol–water partition coefficient (Wildman–Crippen LogP) is 0.981. The molecule has 0 aromatic carbocycles. The maximum absolute atomic E-state index is 8.71. The highest BCUT2D eigenvalue weighted by Gasteiger charge is 1.90. The molecule has 0 heterocycles. The molecule has 0 aromatic rings. The summed E-state index contributed by atoms with van der Waals surface area (Å²) in [5.74, 6) is 0. The average Bonchev–Trinajstić information content (AvgIpc) is 1.68. The van der Waals surface area contributed by atoms with Gasteiger partial charge in [0.2, 0.25) is 0 Å². The van der Waals surface area contributed by atoms with Crippen LogP contribution in [0.2, 0.25) is 0 Å². The van der Waals surface area contributed by atoms with Crippen molar-refractivity contribution in [3.63, 3.8) is 0 Å². The van der Waals surface area contributed by atoms with Gasteiger partial charge >= 0.3 is 0 Å². The van der Waals surface area contributed by atoms with Crippen molar-refractivity contribution >= 4 is 0 Å². The summed E-state index contributed by atoms with van der Waals surface area (Å²) in [6, 6.07) is 0. The number of aliphatic hydroxyl groups excluding tert-OH is 1. The SMILES string of the molecule is [2H][CH]CC(O)CC. The monoisotopic (exact) mass is 88.1 g/mol. The molecule has 0 saturated heterocycles. The van der Waals surface area contributed by atoms with E-state index >= 15 is 0 Å². The minimum absolute atomic E-state index is 0.294. The lowest BCUT2D eigenvalue weighted by molar-refractivity contribution is 0.173. The molecule has 1 atom stereocenters. The van der Waals surface area contributed by atoms with Gasteiger partial charge in [0.05, 0.1) is 6.10 Å². The molecule has 0 rings (SSSR count). The second-order valence-electron chi connectivity index (χ2n) is 1.30. The fourth-order valence-electron chi connectivity index (χ4n) is 0.167. The maximum Gasteiger partial charge on any atom is 0.0537 e. The van der Waals surface area contributed by atoms with Crippen LogP contribution in [0.4, 0.5) is 0 Å². The van der Waals surface area contributed by atoms with Crippen LogP contribution in [-0.2, 0) is 0 Å². The molecule has 0 spiro atoms. The summed E-state index contributed by atoms with van der Waals surface area (Å²) in [4.78, 5) is 0. The van der Waals surface area contributed by atoms with Gasteiger partial charge in [-0.2, -0.15) is 0 Å². The number of hydrogen-bond acceptors (Lipinski definition) is 1. The van der Waals surface area contributed by atoms with Crippen molar-refractivity contribution < 1.29 is 6.48 Å². The summed E-state index contributed by atoms with van der Waals surface area (Å²) in [7, 11) is 0. The standard InChI is InChI=1S/C5H11O/c1-3-5(6)4-2/h5-6H,1,3-4H2,2H3/i1D. The minimum Gasteiger partial charge on any atom is -0.393 e. The second kappa shape index (κ2) is 3.16. The van der Waals surface area contributed by atoms with E-state index in [2.05, 4.69) is 0 Å². The van der Waals surface area contributed by atoms with Gasteiger partial charge in [0.15, 0.2) is 0 Å². The van der Waals surface area contributed by atoms with Crippen LogP contribution in [0, 0.1) is 6.90 Å². The first-order chi connectivity index (χ1) is 3.31. The van der Waals surface area contributed by atoms with Gasteiger partial charge in [-0.05, 0) is 12.8 Å². The van der Waals surface area contributed by atoms with E-state index in [1.807, 2.05) is 6.92 Å². The van der Waals surface area contributed by atoms with Crippen LogP contribution in [-0.4, -0.2) is 11.2 Å². The van der Waals surface area contributed by atoms with Crippen LogP contribution in [0.15, 0.2) is 0 Å². The smallest absolute Gasteiger partial charge is 0.0537 e. The molecule has 1 N–H and O–H groups in total. The molecule has 1 radical (unpaired) electrons. The third kappa shape index (κ3) is 2.21. The topological polar surface area (TPSA) is 20.2 Å². The molecular weight excluding hydrogens is 76.1 g/mol. The lowest BCUT2D eigenvalue weighted by Gasteiger charge is -1.98. The van der Waals surface area contributed by atoms with E-state index < -0.39 is 0 Å². The van der Waals surface area contributed by atoms with Gasteiger partial charge in [-0.25, -0.2) is 0 Å². The fourth-order valence-corrected chi connectivity index (χ4v) is 0.167. The Labute approximate surface area is 40.4 Å². The van der Waals surface area contributed by atoms with E-state index in [1.165, 1.54) is 6.90 Å². The average molecular weight is 88.1 g/mol. The number of rotatable bonds is 3. The van der Waals surface area contributed by atoms with E-state index in [-0.39, 0.29) is 6.10 Å². The second-order valence-corrected chi connectivity index (χ2v) is 1.30. The van der Waals surface area contributed by atoms with E-state index in [0.717, 1.165) is 6.42 Å². The lowest BCUT2D eigenvalue weighted by atomic mass is 10.2. The van der Waals surface area contributed by atoms with Crippen LogP contribution >= 0.6 is 0 Å². The predicted molar refractivity (Wildman–Crippen MR) is 26.3 cm³/mol. The highest BCUT2D eigenvalue weighted by atomic mass is 16.3. The van der Waals surface area contributed by atoms with Crippen molar-refractivity contribution in [1.29, 1.82) is 0 Å². The van der Waals surface area contributed by atoms with Crippen LogP contribution in [0.5, 0.6) is 0 Å². The van der Waals surface area contributed by atoms with Crippen molar-refractivity contribution in [3.05, 3.63) is 6.90 Å². The Bertz CT molecular complexity index is 39.1. The molecule has 0 aliphatic heterocycles. The first-order valence-electron chi connectivity index (χ1n) is 2.77. The summed E-state index contributed by atoms with van der Waals surface area (Å²) < 4.78 is 6.55. The van der Waals surface area contributed by atoms with Crippen LogP contribution in [0.25, 0.3) is 0 Å². The van der Waals surface area contributed by atoms with Gasteiger partial charge in [0.1, 0.15) is 0 Å². The van der Waals surface area contributed by atoms with Gasteiger partial charge in [-0.15, -0.1) is 0 Å². The van der Waals surface area contributed by atoms with Crippen molar-refractivity contribution in [2.75, 3.05) is 0 Å². The summed E-state index contributed by atoms with van der Waals surface area (Å²) in [5, 5.41) is 8.71. The van der Waals surface area contributed by atoms with Gasteiger partial charge in [0.25, 0.3) is 0 Å². The molecule has 0 aliphatic rings. The molecule has 0 amide bonds. The zero-order chi connectivity index (χ0) is 5.70. The number of aliphatic hydroxyl groups is 1. The van der Waals surface area contributed by atoms with E-state index in [1.54, 1.807) is 0 Å². The molecule has 1 heteroatoms. The lowest BCUT2D eigenvalue weighted by Crippen LogP contribution is -1.99. The van der Waals surface area contributed by atoms with Gasteiger partial charge < -0.3 is 5.11 Å². The van der Waals surface area contributed by atoms with Gasteiger partial charge in [-0.1, -0.05) is 13.8 Å². The molecule has 1 nitrogen and oxygen atoms in total. The molecule has 1 unspecified atom stereocenters. The van der Waals surface area contributed by atoms with Crippen molar-refractivity contribution in [2.24, 2.45) is 0 Å². The Hall–Kier alpha value is -0.0400. The summed E-state index contributed by atoms with van der Waals surface area (Å²) in [5.41, 5.74) is 0. The molecule has 0 aromatic heterocycles. The van der Waals surface area contributed by atoms with Crippen molar-refractivity contribution in [3.8, 4) is 0 Å². The molecule has 0 bridgehead atoms. The van der Waals surface area contributed by atoms with Crippen LogP contribution < -0.4 is 0 Å². The molecule has 6 heavy (non-hydrogen) atoms. The molecular formula is C5H11O. The summed E-state index contributed by atoms with van der Waals surface area (Å²) in [6.45, 7) is 3.13. The Balaban J connectivity index is 2.83. The van der Waals surface area contributed by atoms with E-state index in [9.17, 15) is 0 Å². The maximum atomic E-state index is 8.71. The van der Waals surface area contributed by atoms with Gasteiger partial charge in [-0.3, -0.25) is 0 Å².